The van der Waals surface area contributed by atoms with Crippen molar-refractivity contribution in [3.8, 4) is 0 Å². The number of unbranched alkanes of at least 4 members (excludes halogenated alkanes) is 12. The van der Waals surface area contributed by atoms with Crippen LogP contribution in [0.1, 0.15) is 142 Å². The van der Waals surface area contributed by atoms with Gasteiger partial charge in [0.15, 0.2) is 0 Å². The summed E-state index contributed by atoms with van der Waals surface area (Å²) in [6.07, 6.45) is 20.9. The summed E-state index contributed by atoms with van der Waals surface area (Å²) in [4.78, 5) is 30.6. The fourth-order valence-corrected chi connectivity index (χ4v) is 6.48. The molecule has 0 aliphatic rings. The van der Waals surface area contributed by atoms with Crippen LogP contribution in [0.3, 0.4) is 0 Å². The molecule has 2 rings (SSSR count). The van der Waals surface area contributed by atoms with Crippen molar-refractivity contribution < 1.29 is 9.59 Å². The lowest BCUT2D eigenvalue weighted by Gasteiger charge is -2.22. The van der Waals surface area contributed by atoms with E-state index in [9.17, 15) is 9.59 Å². The Morgan fingerprint density at radius 1 is 0.471 bits per heavy atom. The molecule has 8 nitrogen and oxygen atoms in total. The number of carbonyl (C=O) groups excluding carboxylic acids is 2. The highest BCUT2D eigenvalue weighted by molar-refractivity contribution is 5.90. The van der Waals surface area contributed by atoms with Gasteiger partial charge in [-0.15, -0.1) is 0 Å². The molecule has 4 N–H and O–H groups in total. The van der Waals surface area contributed by atoms with E-state index in [1.807, 2.05) is 36.4 Å². The summed E-state index contributed by atoms with van der Waals surface area (Å²) >= 11 is 0. The average molecular weight is 707 g/mol. The Hall–Kier alpha value is -3.10. The third kappa shape index (κ3) is 22.4. The van der Waals surface area contributed by atoms with E-state index in [1.54, 1.807) is 0 Å². The van der Waals surface area contributed by atoms with Gasteiger partial charge in [0.25, 0.3) is 0 Å². The number of benzene rings is 2. The van der Waals surface area contributed by atoms with Crippen LogP contribution in [0.5, 0.6) is 0 Å². The Kier molecular flexibility index (Phi) is 25.5. The van der Waals surface area contributed by atoms with Crippen LogP contribution in [0.15, 0.2) is 48.5 Å². The van der Waals surface area contributed by atoms with Crippen molar-refractivity contribution in [2.75, 3.05) is 63.0 Å². The highest BCUT2D eigenvalue weighted by Gasteiger charge is 2.09. The van der Waals surface area contributed by atoms with Crippen LogP contribution in [0.2, 0.25) is 0 Å². The van der Waals surface area contributed by atoms with Gasteiger partial charge in [0, 0.05) is 37.6 Å². The van der Waals surface area contributed by atoms with Gasteiger partial charge in [0.1, 0.15) is 0 Å². The van der Waals surface area contributed by atoms with E-state index in [1.165, 1.54) is 103 Å². The van der Waals surface area contributed by atoms with Crippen molar-refractivity contribution in [3.63, 3.8) is 0 Å². The molecule has 2 aromatic carbocycles. The number of rotatable bonds is 30. The second-order valence-corrected chi connectivity index (χ2v) is 14.3. The zero-order chi connectivity index (χ0) is 36.8. The first-order valence-electron chi connectivity index (χ1n) is 20.7. The van der Waals surface area contributed by atoms with Crippen LogP contribution in [0, 0.1) is 0 Å². The number of hydrogen-bond donors (Lipinski definition) is 4. The fraction of sp³-hybridized carbons (Fsp3) is 0.674. The van der Waals surface area contributed by atoms with Crippen LogP contribution in [0.4, 0.5) is 21.0 Å². The summed E-state index contributed by atoms with van der Waals surface area (Å²) < 4.78 is 0. The number of urea groups is 2. The predicted octanol–water partition coefficient (Wildman–Crippen LogP) is 10.4. The lowest BCUT2D eigenvalue weighted by molar-refractivity contribution is 0.241. The zero-order valence-electron chi connectivity index (χ0n) is 33.0. The quantitative estimate of drug-likeness (QED) is 0.0609. The summed E-state index contributed by atoms with van der Waals surface area (Å²) in [5.41, 5.74) is 3.74. The van der Waals surface area contributed by atoms with Crippen molar-refractivity contribution in [2.45, 2.75) is 137 Å². The van der Waals surface area contributed by atoms with Crippen LogP contribution < -0.4 is 21.3 Å². The molecule has 0 spiro atoms. The molecule has 288 valence electrons. The van der Waals surface area contributed by atoms with E-state index < -0.39 is 0 Å². The lowest BCUT2D eigenvalue weighted by atomic mass is 10.0. The number of nitrogens with zero attached hydrogens (tertiary/aromatic N) is 2. The standard InChI is InChI=1S/C43H74N6O2/c1-5-9-13-15-19-31-48(29-17-11-7-3)33-27-44-42(50)46-40-25-21-23-38(36-40)35-39-24-22-26-41(37-39)47-43(51)45-28-34-49(30-18-12-8-4)32-20-16-14-10-6-2/h21-26,36-37H,5-20,27-35H2,1-4H3,(H2,44,46,50)(H2,45,47,51). The van der Waals surface area contributed by atoms with Gasteiger partial charge in [-0.3, -0.25) is 0 Å². The maximum absolute atomic E-state index is 12.8. The monoisotopic (exact) mass is 707 g/mol. The number of amides is 4. The van der Waals surface area contributed by atoms with Crippen LogP contribution in [-0.4, -0.2) is 74.2 Å². The molecule has 0 radical (unpaired) electrons. The summed E-state index contributed by atoms with van der Waals surface area (Å²) in [6.45, 7) is 16.4. The summed E-state index contributed by atoms with van der Waals surface area (Å²) in [5, 5.41) is 12.2. The Labute approximate surface area is 312 Å². The van der Waals surface area contributed by atoms with E-state index in [2.05, 4.69) is 70.9 Å². The molecule has 0 aliphatic carbocycles. The fourth-order valence-electron chi connectivity index (χ4n) is 6.48. The van der Waals surface area contributed by atoms with Crippen molar-refractivity contribution >= 4 is 23.4 Å². The Bertz CT molecular complexity index is 1090. The average Bonchev–Trinajstić information content (AvgIpc) is 3.11. The number of carbonyl (C=O) groups is 2. The molecule has 0 heterocycles. The topological polar surface area (TPSA) is 88.7 Å². The summed E-state index contributed by atoms with van der Waals surface area (Å²) in [5.74, 6) is 0. The molecule has 0 unspecified atom stereocenters. The van der Waals surface area contributed by atoms with E-state index in [0.717, 1.165) is 61.8 Å². The maximum Gasteiger partial charge on any atom is 0.319 e. The SMILES string of the molecule is CCCCCCCN(CCCCC)CCNC(=O)Nc1cccc(Cc2cccc(NC(=O)NCCN(CCCCC)CCCCCCC)c2)c1. The first kappa shape index (κ1) is 44.1. The van der Waals surface area contributed by atoms with Crippen LogP contribution in [-0.2, 0) is 6.42 Å². The smallest absolute Gasteiger partial charge is 0.319 e. The van der Waals surface area contributed by atoms with Crippen molar-refractivity contribution in [1.82, 2.24) is 20.4 Å². The van der Waals surface area contributed by atoms with Gasteiger partial charge in [0.05, 0.1) is 0 Å². The van der Waals surface area contributed by atoms with E-state index in [0.29, 0.717) is 19.5 Å². The van der Waals surface area contributed by atoms with Crippen LogP contribution in [0.25, 0.3) is 0 Å². The molecule has 51 heavy (non-hydrogen) atoms. The molecule has 4 amide bonds. The molecule has 0 aromatic heterocycles. The predicted molar refractivity (Wildman–Crippen MR) is 219 cm³/mol. The molecular weight excluding hydrogens is 633 g/mol. The van der Waals surface area contributed by atoms with E-state index in [-0.39, 0.29) is 12.1 Å². The molecule has 0 saturated carbocycles. The van der Waals surface area contributed by atoms with Gasteiger partial charge in [-0.2, -0.15) is 0 Å². The third-order valence-corrected chi connectivity index (χ3v) is 9.52. The van der Waals surface area contributed by atoms with Gasteiger partial charge in [-0.1, -0.05) is 129 Å². The molecule has 0 saturated heterocycles. The molecule has 8 heteroatoms. The third-order valence-electron chi connectivity index (χ3n) is 9.52. The highest BCUT2D eigenvalue weighted by Crippen LogP contribution is 2.18. The first-order valence-corrected chi connectivity index (χ1v) is 20.7. The van der Waals surface area contributed by atoms with E-state index in [4.69, 9.17) is 0 Å². The van der Waals surface area contributed by atoms with Gasteiger partial charge in [-0.25, -0.2) is 9.59 Å². The Balaban J connectivity index is 1.79. The summed E-state index contributed by atoms with van der Waals surface area (Å²) in [7, 11) is 0. The highest BCUT2D eigenvalue weighted by atomic mass is 16.2. The molecule has 0 aliphatic heterocycles. The van der Waals surface area contributed by atoms with Gasteiger partial charge in [0.2, 0.25) is 0 Å². The normalized spacial score (nSPS) is 11.3. The minimum atomic E-state index is -0.170. The van der Waals surface area contributed by atoms with Crippen molar-refractivity contribution in [1.29, 1.82) is 0 Å². The Morgan fingerprint density at radius 3 is 1.22 bits per heavy atom. The Morgan fingerprint density at radius 2 is 0.824 bits per heavy atom. The molecule has 0 bridgehead atoms. The number of anilines is 2. The summed E-state index contributed by atoms with van der Waals surface area (Å²) in [6, 6.07) is 15.7. The van der Waals surface area contributed by atoms with Crippen molar-refractivity contribution in [2.24, 2.45) is 0 Å². The zero-order valence-corrected chi connectivity index (χ0v) is 33.0. The molecular formula is C43H74N6O2. The minimum Gasteiger partial charge on any atom is -0.337 e. The molecule has 0 fully saturated rings. The van der Waals surface area contributed by atoms with Gasteiger partial charge >= 0.3 is 12.1 Å². The lowest BCUT2D eigenvalue weighted by Crippen LogP contribution is -2.37. The largest absolute Gasteiger partial charge is 0.337 e. The second kappa shape index (κ2) is 29.5. The molecule has 2 aromatic rings. The minimum absolute atomic E-state index is 0.170. The maximum atomic E-state index is 12.8. The second-order valence-electron chi connectivity index (χ2n) is 14.3. The van der Waals surface area contributed by atoms with Gasteiger partial charge < -0.3 is 31.1 Å². The number of nitrogens with one attached hydrogen (secondary N) is 4. The van der Waals surface area contributed by atoms with E-state index >= 15 is 0 Å². The van der Waals surface area contributed by atoms with Crippen LogP contribution >= 0.6 is 0 Å². The number of hydrogen-bond acceptors (Lipinski definition) is 4. The molecule has 0 atom stereocenters. The van der Waals surface area contributed by atoms with Crippen molar-refractivity contribution in [3.05, 3.63) is 59.7 Å². The van der Waals surface area contributed by atoms with Gasteiger partial charge in [-0.05, 0) is 93.7 Å². The first-order chi connectivity index (χ1) is 25.0.